The number of carbonyl (C=O) groups is 1. The Balaban J connectivity index is 1.22. The van der Waals surface area contributed by atoms with Gasteiger partial charge in [0.05, 0.1) is 13.2 Å². The Labute approximate surface area is 208 Å². The van der Waals surface area contributed by atoms with E-state index in [1.807, 2.05) is 0 Å². The summed E-state index contributed by atoms with van der Waals surface area (Å²) in [5.41, 5.74) is 0.977. The number of esters is 1. The van der Waals surface area contributed by atoms with Crippen LogP contribution in [0.3, 0.4) is 0 Å². The second kappa shape index (κ2) is 10.0. The number of hydrogen-bond acceptors (Lipinski definition) is 4. The fraction of sp³-hybridized carbons (Fsp3) is 0.967. The lowest BCUT2D eigenvalue weighted by molar-refractivity contribution is -0.212. The van der Waals surface area contributed by atoms with Crippen molar-refractivity contribution in [3.05, 3.63) is 0 Å². The maximum Gasteiger partial charge on any atom is 0.305 e. The van der Waals surface area contributed by atoms with E-state index in [1.54, 1.807) is 0 Å². The molecule has 0 aromatic heterocycles. The minimum absolute atomic E-state index is 0.0452. The molecule has 0 radical (unpaired) electrons. The highest BCUT2D eigenvalue weighted by Gasteiger charge is 2.60. The van der Waals surface area contributed by atoms with Crippen LogP contribution in [0.2, 0.25) is 0 Å². The van der Waals surface area contributed by atoms with Gasteiger partial charge in [0.15, 0.2) is 6.29 Å². The van der Waals surface area contributed by atoms with E-state index in [0.717, 1.165) is 49.0 Å². The van der Waals surface area contributed by atoms with E-state index >= 15 is 0 Å². The van der Waals surface area contributed by atoms with Crippen LogP contribution < -0.4 is 0 Å². The lowest BCUT2D eigenvalue weighted by atomic mass is 9.44. The van der Waals surface area contributed by atoms with Crippen molar-refractivity contribution in [2.45, 2.75) is 123 Å². The summed E-state index contributed by atoms with van der Waals surface area (Å²) in [6.07, 6.45) is 17.8. The number of rotatable bonds is 6. The fourth-order valence-electron chi connectivity index (χ4n) is 10.00. The normalized spacial score (nSPS) is 47.2. The van der Waals surface area contributed by atoms with Crippen molar-refractivity contribution in [3.8, 4) is 0 Å². The van der Waals surface area contributed by atoms with E-state index in [-0.39, 0.29) is 12.3 Å². The fourth-order valence-corrected chi connectivity index (χ4v) is 10.00. The molecule has 0 spiro atoms. The van der Waals surface area contributed by atoms with Gasteiger partial charge in [-0.1, -0.05) is 20.8 Å². The SMILES string of the molecule is COC(=O)CCC(C)[C@H]1CCC2C3CC[C@@H]4C[C@H](OC5CCCCO5)CC[C@]4(C)C3CC[C@@]21C. The molecule has 4 nitrogen and oxygen atoms in total. The Morgan fingerprint density at radius 1 is 0.971 bits per heavy atom. The zero-order valence-electron chi connectivity index (χ0n) is 22.4. The molecular weight excluding hydrogens is 424 g/mol. The number of carbonyl (C=O) groups excluding carboxylic acids is 1. The highest BCUT2D eigenvalue weighted by atomic mass is 16.7. The van der Waals surface area contributed by atoms with Crippen LogP contribution in [0.25, 0.3) is 0 Å². The van der Waals surface area contributed by atoms with Crippen molar-refractivity contribution in [1.29, 1.82) is 0 Å². The average Bonchev–Trinajstić information content (AvgIpc) is 3.20. The molecule has 10 atom stereocenters. The van der Waals surface area contributed by atoms with Gasteiger partial charge in [-0.2, -0.15) is 0 Å². The molecule has 0 aromatic rings. The smallest absolute Gasteiger partial charge is 0.305 e. The molecule has 5 unspecified atom stereocenters. The maximum absolute atomic E-state index is 11.7. The van der Waals surface area contributed by atoms with E-state index in [4.69, 9.17) is 14.2 Å². The summed E-state index contributed by atoms with van der Waals surface area (Å²) in [5, 5.41) is 0. The summed E-state index contributed by atoms with van der Waals surface area (Å²) in [6.45, 7) is 8.58. The van der Waals surface area contributed by atoms with Crippen molar-refractivity contribution in [2.75, 3.05) is 13.7 Å². The Morgan fingerprint density at radius 2 is 1.76 bits per heavy atom. The third kappa shape index (κ3) is 4.49. The molecule has 34 heavy (non-hydrogen) atoms. The number of methoxy groups -OCH3 is 1. The van der Waals surface area contributed by atoms with Gasteiger partial charge in [0.1, 0.15) is 0 Å². The van der Waals surface area contributed by atoms with Crippen LogP contribution in [-0.4, -0.2) is 32.1 Å². The standard InChI is InChI=1S/C30H50O4/c1-20(8-13-27(31)32-4)24-11-12-25-23-10-9-21-19-22(34-28-7-5-6-18-33-28)14-16-29(21,2)26(23)15-17-30(24,25)3/h20-26,28H,5-19H2,1-4H3/t20?,21-,22-,23?,24-,25?,26?,28?,29+,30-/m1/s1. The van der Waals surface area contributed by atoms with Gasteiger partial charge in [-0.05, 0) is 130 Å². The van der Waals surface area contributed by atoms with Crippen LogP contribution in [0.5, 0.6) is 0 Å². The molecular formula is C30H50O4. The highest BCUT2D eigenvalue weighted by Crippen LogP contribution is 2.68. The average molecular weight is 475 g/mol. The summed E-state index contributed by atoms with van der Waals surface area (Å²) in [7, 11) is 1.52. The van der Waals surface area contributed by atoms with E-state index in [2.05, 4.69) is 20.8 Å². The van der Waals surface area contributed by atoms with Gasteiger partial charge in [0.2, 0.25) is 0 Å². The summed E-state index contributed by atoms with van der Waals surface area (Å²) in [6, 6.07) is 0. The molecule has 1 aliphatic heterocycles. The number of ether oxygens (including phenoxy) is 3. The summed E-state index contributed by atoms with van der Waals surface area (Å²) >= 11 is 0. The zero-order chi connectivity index (χ0) is 23.9. The first-order valence-electron chi connectivity index (χ1n) is 14.7. The second-order valence-electron chi connectivity index (χ2n) is 13.3. The monoisotopic (exact) mass is 474 g/mol. The first-order chi connectivity index (χ1) is 16.3. The first kappa shape index (κ1) is 25.1. The highest BCUT2D eigenvalue weighted by molar-refractivity contribution is 5.69. The molecule has 5 rings (SSSR count). The van der Waals surface area contributed by atoms with Crippen LogP contribution in [0, 0.1) is 46.3 Å². The third-order valence-electron chi connectivity index (χ3n) is 11.9. The maximum atomic E-state index is 11.7. The van der Waals surface area contributed by atoms with Gasteiger partial charge in [-0.3, -0.25) is 4.79 Å². The molecule has 0 bridgehead atoms. The van der Waals surface area contributed by atoms with Crippen molar-refractivity contribution >= 4 is 5.97 Å². The quantitative estimate of drug-likeness (QED) is 0.303. The zero-order valence-corrected chi connectivity index (χ0v) is 22.4. The topological polar surface area (TPSA) is 44.8 Å². The van der Waals surface area contributed by atoms with Gasteiger partial charge >= 0.3 is 5.97 Å². The Hall–Kier alpha value is -0.610. The molecule has 0 amide bonds. The van der Waals surface area contributed by atoms with Crippen LogP contribution in [0.4, 0.5) is 0 Å². The molecule has 4 heteroatoms. The number of fused-ring (bicyclic) bond motifs is 5. The lowest BCUT2D eigenvalue weighted by Gasteiger charge is -2.61. The minimum Gasteiger partial charge on any atom is -0.469 e. The van der Waals surface area contributed by atoms with Crippen LogP contribution in [0.1, 0.15) is 111 Å². The van der Waals surface area contributed by atoms with Gasteiger partial charge in [0, 0.05) is 13.0 Å². The Bertz CT molecular complexity index is 717. The minimum atomic E-state index is -0.0452. The van der Waals surface area contributed by atoms with E-state index < -0.39 is 0 Å². The summed E-state index contributed by atoms with van der Waals surface area (Å²) in [5.74, 6) is 4.88. The molecule has 4 aliphatic carbocycles. The molecule has 5 aliphatic rings. The van der Waals surface area contributed by atoms with Crippen LogP contribution >= 0.6 is 0 Å². The Kier molecular flexibility index (Phi) is 7.40. The predicted molar refractivity (Wildman–Crippen MR) is 134 cm³/mol. The van der Waals surface area contributed by atoms with Gasteiger partial charge < -0.3 is 14.2 Å². The molecule has 4 saturated carbocycles. The van der Waals surface area contributed by atoms with E-state index in [1.165, 1.54) is 77.7 Å². The third-order valence-corrected chi connectivity index (χ3v) is 11.9. The number of hydrogen-bond donors (Lipinski definition) is 0. The van der Waals surface area contributed by atoms with Gasteiger partial charge in [0.25, 0.3) is 0 Å². The van der Waals surface area contributed by atoms with Crippen molar-refractivity contribution in [1.82, 2.24) is 0 Å². The predicted octanol–water partition coefficient (Wildman–Crippen LogP) is 7.15. The summed E-state index contributed by atoms with van der Waals surface area (Å²) < 4.78 is 17.3. The van der Waals surface area contributed by atoms with E-state index in [0.29, 0.717) is 29.3 Å². The Morgan fingerprint density at radius 3 is 2.53 bits per heavy atom. The molecule has 1 saturated heterocycles. The van der Waals surface area contributed by atoms with Crippen molar-refractivity contribution in [2.24, 2.45) is 46.3 Å². The molecule has 194 valence electrons. The van der Waals surface area contributed by atoms with Crippen molar-refractivity contribution in [3.63, 3.8) is 0 Å². The second-order valence-corrected chi connectivity index (χ2v) is 13.3. The molecule has 5 fully saturated rings. The van der Waals surface area contributed by atoms with Gasteiger partial charge in [-0.15, -0.1) is 0 Å². The van der Waals surface area contributed by atoms with Gasteiger partial charge in [-0.25, -0.2) is 0 Å². The van der Waals surface area contributed by atoms with Crippen LogP contribution in [-0.2, 0) is 19.0 Å². The molecule has 1 heterocycles. The van der Waals surface area contributed by atoms with E-state index in [9.17, 15) is 4.79 Å². The molecule has 0 N–H and O–H groups in total. The lowest BCUT2D eigenvalue weighted by Crippen LogP contribution is -2.54. The summed E-state index contributed by atoms with van der Waals surface area (Å²) in [4.78, 5) is 11.7. The molecule has 0 aromatic carbocycles. The largest absolute Gasteiger partial charge is 0.469 e. The first-order valence-corrected chi connectivity index (χ1v) is 14.7. The van der Waals surface area contributed by atoms with Crippen LogP contribution in [0.15, 0.2) is 0 Å². The van der Waals surface area contributed by atoms with Crippen molar-refractivity contribution < 1.29 is 19.0 Å².